The van der Waals surface area contributed by atoms with Gasteiger partial charge in [0.2, 0.25) is 0 Å². The molecular weight excluding hydrogens is 239 g/mol. The lowest BCUT2D eigenvalue weighted by molar-refractivity contribution is -0.384. The van der Waals surface area contributed by atoms with Crippen LogP contribution in [-0.4, -0.2) is 22.7 Å². The summed E-state index contributed by atoms with van der Waals surface area (Å²) in [6.07, 6.45) is -0.0382. The number of aliphatic hydroxyl groups excluding tert-OH is 1. The molecule has 0 aliphatic heterocycles. The molecule has 0 saturated heterocycles. The number of nitrogens with one attached hydrogen (secondary N) is 1. The predicted octanol–water partition coefficient (Wildman–Crippen LogP) is 2.55. The van der Waals surface area contributed by atoms with Crippen molar-refractivity contribution in [2.24, 2.45) is 5.92 Å². The van der Waals surface area contributed by atoms with Gasteiger partial charge < -0.3 is 10.4 Å². The summed E-state index contributed by atoms with van der Waals surface area (Å²) < 4.78 is 13.0. The molecule has 0 fully saturated rings. The molecule has 0 heterocycles. The molecule has 1 aromatic carbocycles. The summed E-state index contributed by atoms with van der Waals surface area (Å²) in [5, 5.41) is 23.1. The van der Waals surface area contributed by atoms with Crippen molar-refractivity contribution < 1.29 is 14.4 Å². The first-order valence-electron chi connectivity index (χ1n) is 5.76. The smallest absolute Gasteiger partial charge is 0.292 e. The Balaban J connectivity index is 2.71. The van der Waals surface area contributed by atoms with Gasteiger partial charge in [0.25, 0.3) is 5.69 Å². The molecule has 1 atom stereocenters. The second-order valence-electron chi connectivity index (χ2n) is 4.58. The van der Waals surface area contributed by atoms with Gasteiger partial charge in [0.1, 0.15) is 11.5 Å². The molecule has 0 amide bonds. The molecule has 0 saturated carbocycles. The van der Waals surface area contributed by atoms with Crippen LogP contribution in [-0.2, 0) is 0 Å². The maximum absolute atomic E-state index is 13.0. The van der Waals surface area contributed by atoms with E-state index in [0.29, 0.717) is 12.3 Å². The van der Waals surface area contributed by atoms with Crippen LogP contribution in [0.25, 0.3) is 0 Å². The summed E-state index contributed by atoms with van der Waals surface area (Å²) in [5.74, 6) is -0.231. The highest BCUT2D eigenvalue weighted by atomic mass is 19.1. The largest absolute Gasteiger partial charge is 0.391 e. The van der Waals surface area contributed by atoms with Gasteiger partial charge in [-0.3, -0.25) is 10.1 Å². The Morgan fingerprint density at radius 1 is 1.50 bits per heavy atom. The third-order valence-corrected chi connectivity index (χ3v) is 2.43. The SMILES string of the molecule is CC(C)CC(O)CNc1cc(F)ccc1[N+](=O)[O-]. The highest BCUT2D eigenvalue weighted by molar-refractivity contribution is 5.61. The zero-order valence-corrected chi connectivity index (χ0v) is 10.4. The summed E-state index contributed by atoms with van der Waals surface area (Å²) in [5.41, 5.74) is -0.115. The Morgan fingerprint density at radius 3 is 2.72 bits per heavy atom. The number of nitro benzene ring substituents is 1. The second-order valence-corrected chi connectivity index (χ2v) is 4.58. The minimum atomic E-state index is -0.618. The first-order valence-corrected chi connectivity index (χ1v) is 5.76. The average Bonchev–Trinajstić information content (AvgIpc) is 2.25. The third-order valence-electron chi connectivity index (χ3n) is 2.43. The molecule has 0 radical (unpaired) electrons. The maximum Gasteiger partial charge on any atom is 0.292 e. The van der Waals surface area contributed by atoms with E-state index in [1.807, 2.05) is 13.8 Å². The molecule has 6 heteroatoms. The van der Waals surface area contributed by atoms with Crippen LogP contribution in [0.15, 0.2) is 18.2 Å². The monoisotopic (exact) mass is 256 g/mol. The molecular formula is C12H17FN2O3. The van der Waals surface area contributed by atoms with Crippen LogP contribution in [0.1, 0.15) is 20.3 Å². The minimum absolute atomic E-state index is 0.0859. The summed E-state index contributed by atoms with van der Waals surface area (Å²) in [7, 11) is 0. The van der Waals surface area contributed by atoms with Gasteiger partial charge in [-0.1, -0.05) is 13.8 Å². The van der Waals surface area contributed by atoms with E-state index in [-0.39, 0.29) is 17.9 Å². The van der Waals surface area contributed by atoms with Crippen LogP contribution in [0.3, 0.4) is 0 Å². The van der Waals surface area contributed by atoms with Gasteiger partial charge >= 0.3 is 0 Å². The van der Waals surface area contributed by atoms with Crippen molar-refractivity contribution in [2.45, 2.75) is 26.4 Å². The average molecular weight is 256 g/mol. The normalized spacial score (nSPS) is 12.5. The fraction of sp³-hybridized carbons (Fsp3) is 0.500. The van der Waals surface area contributed by atoms with Crippen molar-refractivity contribution in [2.75, 3.05) is 11.9 Å². The van der Waals surface area contributed by atoms with Crippen molar-refractivity contribution >= 4 is 11.4 Å². The maximum atomic E-state index is 13.0. The summed E-state index contributed by atoms with van der Waals surface area (Å²) in [4.78, 5) is 10.1. The topological polar surface area (TPSA) is 75.4 Å². The lowest BCUT2D eigenvalue weighted by Crippen LogP contribution is -2.21. The Hall–Kier alpha value is -1.69. The van der Waals surface area contributed by atoms with Crippen LogP contribution in [0, 0.1) is 21.8 Å². The molecule has 0 bridgehead atoms. The molecule has 0 aliphatic rings. The molecule has 1 rings (SSSR count). The van der Waals surface area contributed by atoms with E-state index in [9.17, 15) is 19.6 Å². The molecule has 5 nitrogen and oxygen atoms in total. The molecule has 0 aromatic heterocycles. The summed E-state index contributed by atoms with van der Waals surface area (Å²) in [6.45, 7) is 4.09. The van der Waals surface area contributed by atoms with Crippen LogP contribution < -0.4 is 5.32 Å². The number of nitro groups is 1. The zero-order valence-electron chi connectivity index (χ0n) is 10.4. The lowest BCUT2D eigenvalue weighted by Gasteiger charge is -2.14. The third kappa shape index (κ3) is 4.29. The summed E-state index contributed by atoms with van der Waals surface area (Å²) in [6, 6.07) is 3.20. The Kier molecular flexibility index (Phi) is 5.03. The van der Waals surface area contributed by atoms with Gasteiger partial charge in [0.15, 0.2) is 0 Å². The van der Waals surface area contributed by atoms with E-state index in [4.69, 9.17) is 0 Å². The molecule has 1 aromatic rings. The van der Waals surface area contributed by atoms with Crippen molar-refractivity contribution in [3.8, 4) is 0 Å². The molecule has 0 aliphatic carbocycles. The molecule has 100 valence electrons. The second kappa shape index (κ2) is 6.30. The van der Waals surface area contributed by atoms with E-state index >= 15 is 0 Å². The molecule has 18 heavy (non-hydrogen) atoms. The number of anilines is 1. The molecule has 0 spiro atoms. The first kappa shape index (κ1) is 14.4. The van der Waals surface area contributed by atoms with Gasteiger partial charge in [0.05, 0.1) is 11.0 Å². The first-order chi connectivity index (χ1) is 8.40. The molecule has 1 unspecified atom stereocenters. The number of hydrogen-bond donors (Lipinski definition) is 2. The lowest BCUT2D eigenvalue weighted by atomic mass is 10.1. The number of rotatable bonds is 6. The number of halogens is 1. The van der Waals surface area contributed by atoms with Gasteiger partial charge in [-0.15, -0.1) is 0 Å². The Morgan fingerprint density at radius 2 is 2.17 bits per heavy atom. The van der Waals surface area contributed by atoms with E-state index < -0.39 is 16.8 Å². The number of benzene rings is 1. The number of aliphatic hydroxyl groups is 1. The fourth-order valence-corrected chi connectivity index (χ4v) is 1.66. The van der Waals surface area contributed by atoms with Crippen molar-refractivity contribution in [3.05, 3.63) is 34.1 Å². The van der Waals surface area contributed by atoms with Gasteiger partial charge in [0, 0.05) is 18.7 Å². The van der Waals surface area contributed by atoms with Crippen molar-refractivity contribution in [1.82, 2.24) is 0 Å². The fourth-order valence-electron chi connectivity index (χ4n) is 1.66. The van der Waals surface area contributed by atoms with Crippen molar-refractivity contribution in [1.29, 1.82) is 0 Å². The van der Waals surface area contributed by atoms with Crippen LogP contribution in [0.5, 0.6) is 0 Å². The van der Waals surface area contributed by atoms with E-state index in [0.717, 1.165) is 18.2 Å². The van der Waals surface area contributed by atoms with Gasteiger partial charge in [-0.25, -0.2) is 4.39 Å². The zero-order chi connectivity index (χ0) is 13.7. The quantitative estimate of drug-likeness (QED) is 0.606. The van der Waals surface area contributed by atoms with Crippen molar-refractivity contribution in [3.63, 3.8) is 0 Å². The number of nitrogens with zero attached hydrogens (tertiary/aromatic N) is 1. The summed E-state index contributed by atoms with van der Waals surface area (Å²) >= 11 is 0. The Bertz CT molecular complexity index is 424. The van der Waals surface area contributed by atoms with Gasteiger partial charge in [-0.2, -0.15) is 0 Å². The Labute approximate surface area is 105 Å². The standard InChI is InChI=1S/C12H17FN2O3/c1-8(2)5-10(16)7-14-11-6-9(13)3-4-12(11)15(17)18/h3-4,6,8,10,14,16H,5,7H2,1-2H3. The minimum Gasteiger partial charge on any atom is -0.391 e. The van der Waals surface area contributed by atoms with Crippen LogP contribution in [0.2, 0.25) is 0 Å². The highest BCUT2D eigenvalue weighted by Gasteiger charge is 2.15. The molecule has 2 N–H and O–H groups in total. The van der Waals surface area contributed by atoms with Crippen LogP contribution >= 0.6 is 0 Å². The van der Waals surface area contributed by atoms with E-state index in [1.54, 1.807) is 0 Å². The van der Waals surface area contributed by atoms with Gasteiger partial charge in [-0.05, 0) is 18.4 Å². The highest BCUT2D eigenvalue weighted by Crippen LogP contribution is 2.24. The predicted molar refractivity (Wildman–Crippen MR) is 67.0 cm³/mol. The van der Waals surface area contributed by atoms with E-state index in [2.05, 4.69) is 5.32 Å². The van der Waals surface area contributed by atoms with Crippen LogP contribution in [0.4, 0.5) is 15.8 Å². The number of hydrogen-bond acceptors (Lipinski definition) is 4. The van der Waals surface area contributed by atoms with E-state index in [1.165, 1.54) is 0 Å².